The minimum atomic E-state index is -0.281. The molecule has 292 valence electrons. The van der Waals surface area contributed by atoms with E-state index >= 15 is 0 Å². The summed E-state index contributed by atoms with van der Waals surface area (Å²) in [6, 6.07) is 0. The van der Waals surface area contributed by atoms with Crippen LogP contribution in [0.1, 0.15) is 251 Å². The van der Waals surface area contributed by atoms with Crippen LogP contribution in [0.25, 0.3) is 0 Å². The number of rotatable bonds is 37. The topological polar surface area (TPSA) is 65.7 Å². The Kier molecular flexibility index (Phi) is 31.7. The molecule has 0 amide bonds. The van der Waals surface area contributed by atoms with E-state index in [9.17, 15) is 9.59 Å². The standard InChI is InChI=1S/C45H82O5/c1-5-8-10-12-14-16-18-20-22-24-26-28-30-32-34-36-38-42(46)49-44-40(4)48-41(7-3)45(44)50-43(47)39-37-35-33-31-29-27-25-23-21-19-17-15-13-11-9-6-2/h5-39H2,1-4H3. The van der Waals surface area contributed by atoms with Gasteiger partial charge in [-0.05, 0) is 19.8 Å². The SMILES string of the molecule is CCCCCCCCCCCCCCCCCCC(=O)Oc1c(C)oc(CC)c1OC(=O)CCCCCCCCCCCCCCCCCC. The maximum atomic E-state index is 12.7. The number of hydrogen-bond acceptors (Lipinski definition) is 5. The van der Waals surface area contributed by atoms with Crippen LogP contribution in [0, 0.1) is 6.92 Å². The van der Waals surface area contributed by atoms with Crippen LogP contribution in [0.2, 0.25) is 0 Å². The molecule has 0 aromatic carbocycles. The molecule has 1 rings (SSSR count). The van der Waals surface area contributed by atoms with E-state index in [4.69, 9.17) is 13.9 Å². The van der Waals surface area contributed by atoms with Gasteiger partial charge in [0.1, 0.15) is 5.76 Å². The number of carbonyl (C=O) groups excluding carboxylic acids is 2. The minimum absolute atomic E-state index is 0.277. The van der Waals surface area contributed by atoms with E-state index in [1.165, 1.54) is 167 Å². The van der Waals surface area contributed by atoms with Gasteiger partial charge < -0.3 is 13.9 Å². The van der Waals surface area contributed by atoms with Gasteiger partial charge in [-0.1, -0.05) is 213 Å². The van der Waals surface area contributed by atoms with Crippen molar-refractivity contribution in [1.82, 2.24) is 0 Å². The van der Waals surface area contributed by atoms with Gasteiger partial charge in [0, 0.05) is 19.3 Å². The van der Waals surface area contributed by atoms with E-state index in [2.05, 4.69) is 13.8 Å². The summed E-state index contributed by atoms with van der Waals surface area (Å²) in [5.74, 6) is 1.08. The Balaban J connectivity index is 2.11. The second-order valence-electron chi connectivity index (χ2n) is 15.1. The third-order valence-electron chi connectivity index (χ3n) is 10.3. The Morgan fingerprint density at radius 2 is 0.660 bits per heavy atom. The van der Waals surface area contributed by atoms with Crippen LogP contribution in [0.4, 0.5) is 0 Å². The Labute approximate surface area is 310 Å². The molecule has 0 saturated carbocycles. The zero-order chi connectivity index (χ0) is 36.3. The van der Waals surface area contributed by atoms with Gasteiger partial charge in [-0.3, -0.25) is 9.59 Å². The fourth-order valence-corrected chi connectivity index (χ4v) is 6.98. The van der Waals surface area contributed by atoms with Gasteiger partial charge in [-0.2, -0.15) is 0 Å². The Hall–Kier alpha value is -1.78. The van der Waals surface area contributed by atoms with Crippen molar-refractivity contribution in [1.29, 1.82) is 0 Å². The predicted octanol–water partition coefficient (Wildman–Crippen LogP) is 15.3. The minimum Gasteiger partial charge on any atom is -0.458 e. The molecule has 0 fully saturated rings. The Morgan fingerprint density at radius 3 is 0.940 bits per heavy atom. The molecule has 1 aromatic rings. The van der Waals surface area contributed by atoms with Gasteiger partial charge in [0.2, 0.25) is 11.5 Å². The van der Waals surface area contributed by atoms with Gasteiger partial charge in [0.15, 0.2) is 5.76 Å². The monoisotopic (exact) mass is 703 g/mol. The number of unbranched alkanes of at least 4 members (excludes halogenated alkanes) is 30. The highest BCUT2D eigenvalue weighted by molar-refractivity contribution is 5.77. The smallest absolute Gasteiger partial charge is 0.311 e. The van der Waals surface area contributed by atoms with Crippen LogP contribution < -0.4 is 9.47 Å². The first-order valence-corrected chi connectivity index (χ1v) is 22.1. The van der Waals surface area contributed by atoms with Crippen LogP contribution in [-0.2, 0) is 16.0 Å². The van der Waals surface area contributed by atoms with E-state index in [0.29, 0.717) is 36.5 Å². The van der Waals surface area contributed by atoms with Crippen molar-refractivity contribution in [3.8, 4) is 11.5 Å². The van der Waals surface area contributed by atoms with Gasteiger partial charge in [-0.25, -0.2) is 0 Å². The first kappa shape index (κ1) is 46.2. The van der Waals surface area contributed by atoms with Gasteiger partial charge in [0.05, 0.1) is 0 Å². The third-order valence-corrected chi connectivity index (χ3v) is 10.3. The van der Waals surface area contributed by atoms with Crippen molar-refractivity contribution >= 4 is 11.9 Å². The fraction of sp³-hybridized carbons (Fsp3) is 0.867. The van der Waals surface area contributed by atoms with Crippen LogP contribution in [-0.4, -0.2) is 11.9 Å². The van der Waals surface area contributed by atoms with E-state index in [0.717, 1.165) is 38.5 Å². The largest absolute Gasteiger partial charge is 0.458 e. The summed E-state index contributed by atoms with van der Waals surface area (Å²) in [5.41, 5.74) is 0. The van der Waals surface area contributed by atoms with Crippen molar-refractivity contribution in [3.63, 3.8) is 0 Å². The van der Waals surface area contributed by atoms with Crippen LogP contribution in [0.5, 0.6) is 11.5 Å². The average Bonchev–Trinajstić information content (AvgIpc) is 3.40. The van der Waals surface area contributed by atoms with Gasteiger partial charge >= 0.3 is 11.9 Å². The lowest BCUT2D eigenvalue weighted by Gasteiger charge is -2.08. The zero-order valence-corrected chi connectivity index (χ0v) is 33.8. The molecule has 0 N–H and O–H groups in total. The lowest BCUT2D eigenvalue weighted by molar-refractivity contribution is -0.137. The zero-order valence-electron chi connectivity index (χ0n) is 33.8. The molecule has 0 saturated heterocycles. The van der Waals surface area contributed by atoms with Crippen molar-refractivity contribution < 1.29 is 23.5 Å². The molecule has 1 aromatic heterocycles. The summed E-state index contributed by atoms with van der Waals surface area (Å²) in [4.78, 5) is 25.4. The van der Waals surface area contributed by atoms with Crippen molar-refractivity contribution in [2.24, 2.45) is 0 Å². The Bertz CT molecular complexity index is 919. The summed E-state index contributed by atoms with van der Waals surface area (Å²) in [6.07, 6.45) is 43.0. The van der Waals surface area contributed by atoms with E-state index in [-0.39, 0.29) is 17.7 Å². The normalized spacial score (nSPS) is 11.4. The fourth-order valence-electron chi connectivity index (χ4n) is 6.98. The summed E-state index contributed by atoms with van der Waals surface area (Å²) >= 11 is 0. The molecule has 5 heteroatoms. The molecule has 0 aliphatic heterocycles. The first-order chi connectivity index (χ1) is 24.5. The third kappa shape index (κ3) is 26.1. The van der Waals surface area contributed by atoms with Gasteiger partial charge in [-0.15, -0.1) is 0 Å². The van der Waals surface area contributed by atoms with Crippen molar-refractivity contribution in [2.75, 3.05) is 0 Å². The molecular weight excluding hydrogens is 620 g/mol. The van der Waals surface area contributed by atoms with E-state index in [1.54, 1.807) is 6.92 Å². The quantitative estimate of drug-likeness (QED) is 0.0510. The summed E-state index contributed by atoms with van der Waals surface area (Å²) in [7, 11) is 0. The molecule has 0 unspecified atom stereocenters. The number of carbonyl (C=O) groups is 2. The number of furan rings is 1. The summed E-state index contributed by atoms with van der Waals surface area (Å²) < 4.78 is 17.3. The number of hydrogen-bond donors (Lipinski definition) is 0. The van der Waals surface area contributed by atoms with Crippen molar-refractivity contribution in [3.05, 3.63) is 11.5 Å². The molecule has 50 heavy (non-hydrogen) atoms. The number of ether oxygens (including phenoxy) is 2. The second-order valence-corrected chi connectivity index (χ2v) is 15.1. The maximum absolute atomic E-state index is 12.7. The van der Waals surface area contributed by atoms with Crippen LogP contribution in [0.3, 0.4) is 0 Å². The highest BCUT2D eigenvalue weighted by Gasteiger charge is 2.24. The molecule has 0 spiro atoms. The lowest BCUT2D eigenvalue weighted by atomic mass is 10.0. The maximum Gasteiger partial charge on any atom is 0.311 e. The van der Waals surface area contributed by atoms with Crippen molar-refractivity contribution in [2.45, 2.75) is 252 Å². The lowest BCUT2D eigenvalue weighted by Crippen LogP contribution is -2.12. The molecular formula is C45H82O5. The summed E-state index contributed by atoms with van der Waals surface area (Å²) in [5, 5.41) is 0. The summed E-state index contributed by atoms with van der Waals surface area (Å²) in [6.45, 7) is 8.28. The first-order valence-electron chi connectivity index (χ1n) is 22.1. The highest BCUT2D eigenvalue weighted by atomic mass is 16.6. The van der Waals surface area contributed by atoms with E-state index < -0.39 is 0 Å². The molecule has 0 aliphatic carbocycles. The van der Waals surface area contributed by atoms with E-state index in [1.807, 2.05) is 6.92 Å². The molecule has 0 bridgehead atoms. The second kappa shape index (κ2) is 34.3. The molecule has 0 aliphatic rings. The molecule has 0 radical (unpaired) electrons. The Morgan fingerprint density at radius 1 is 0.400 bits per heavy atom. The molecule has 0 atom stereocenters. The average molecular weight is 703 g/mol. The van der Waals surface area contributed by atoms with Gasteiger partial charge in [0.25, 0.3) is 0 Å². The predicted molar refractivity (Wildman–Crippen MR) is 212 cm³/mol. The molecule has 1 heterocycles. The highest BCUT2D eigenvalue weighted by Crippen LogP contribution is 2.39. The number of esters is 2. The van der Waals surface area contributed by atoms with Crippen LogP contribution in [0.15, 0.2) is 4.42 Å². The number of aryl methyl sites for hydroxylation is 2. The van der Waals surface area contributed by atoms with Crippen LogP contribution >= 0.6 is 0 Å². The molecule has 5 nitrogen and oxygen atoms in total.